The van der Waals surface area contributed by atoms with Crippen LogP contribution in [0.5, 0.6) is 5.75 Å². The minimum Gasteiger partial charge on any atom is -0.490 e. The lowest BCUT2D eigenvalue weighted by molar-refractivity contribution is -0.137. The van der Waals surface area contributed by atoms with E-state index < -0.39 is 5.97 Å². The molecule has 0 aromatic heterocycles. The molecule has 1 atom stereocenters. The fraction of sp³-hybridized carbons (Fsp3) is 0.458. The van der Waals surface area contributed by atoms with E-state index in [4.69, 9.17) is 9.84 Å². The van der Waals surface area contributed by atoms with E-state index in [1.54, 1.807) is 6.07 Å². The average molecular weight is 397 g/mol. The standard InChI is InChI=1S/C24H28FNO3/c1-16(13-24(27)28)18-6-5-17-9-11-26(12-10-19(17)14-18)23-15-21(7-8-22(23)25)29-20-3-2-4-20/h5-8,14-16,20H,2-4,9-13H2,1H3,(H,27,28). The predicted octanol–water partition coefficient (Wildman–Crippen LogP) is 4.94. The number of hydrogen-bond donors (Lipinski definition) is 1. The van der Waals surface area contributed by atoms with Gasteiger partial charge in [-0.3, -0.25) is 4.79 Å². The molecule has 0 spiro atoms. The number of carboxylic acid groups (broad SMARTS) is 1. The molecule has 1 fully saturated rings. The lowest BCUT2D eigenvalue weighted by atomic mass is 9.92. The topological polar surface area (TPSA) is 49.8 Å². The second-order valence-corrected chi connectivity index (χ2v) is 8.30. The minimum atomic E-state index is -0.780. The summed E-state index contributed by atoms with van der Waals surface area (Å²) < 4.78 is 20.5. The maximum atomic E-state index is 14.6. The third-order valence-electron chi connectivity index (χ3n) is 6.20. The Bertz CT molecular complexity index is 894. The van der Waals surface area contributed by atoms with Crippen LogP contribution in [0.2, 0.25) is 0 Å². The quantitative estimate of drug-likeness (QED) is 0.750. The van der Waals surface area contributed by atoms with Gasteiger partial charge in [0.05, 0.1) is 18.2 Å². The molecule has 1 N–H and O–H groups in total. The van der Waals surface area contributed by atoms with Crippen molar-refractivity contribution in [2.45, 2.75) is 57.5 Å². The number of aliphatic carboxylic acids is 1. The number of nitrogens with zero attached hydrogens (tertiary/aromatic N) is 1. The summed E-state index contributed by atoms with van der Waals surface area (Å²) in [7, 11) is 0. The smallest absolute Gasteiger partial charge is 0.303 e. The zero-order valence-corrected chi connectivity index (χ0v) is 16.9. The summed E-state index contributed by atoms with van der Waals surface area (Å²) in [5.74, 6) is -0.265. The lowest BCUT2D eigenvalue weighted by Crippen LogP contribution is -2.27. The van der Waals surface area contributed by atoms with Crippen LogP contribution in [-0.2, 0) is 17.6 Å². The molecule has 4 nitrogen and oxygen atoms in total. The largest absolute Gasteiger partial charge is 0.490 e. The van der Waals surface area contributed by atoms with E-state index in [0.29, 0.717) is 5.69 Å². The Morgan fingerprint density at radius 3 is 2.62 bits per heavy atom. The summed E-state index contributed by atoms with van der Waals surface area (Å²) in [6.45, 7) is 3.43. The maximum Gasteiger partial charge on any atom is 0.303 e. The Balaban J connectivity index is 1.49. The summed E-state index contributed by atoms with van der Waals surface area (Å²) in [6, 6.07) is 11.4. The predicted molar refractivity (Wildman–Crippen MR) is 111 cm³/mol. The van der Waals surface area contributed by atoms with Crippen molar-refractivity contribution in [2.75, 3.05) is 18.0 Å². The Labute approximate surface area is 171 Å². The second-order valence-electron chi connectivity index (χ2n) is 8.30. The highest BCUT2D eigenvalue weighted by atomic mass is 19.1. The van der Waals surface area contributed by atoms with Crippen LogP contribution in [0, 0.1) is 5.82 Å². The van der Waals surface area contributed by atoms with Gasteiger partial charge in [-0.2, -0.15) is 0 Å². The molecule has 1 unspecified atom stereocenters. The minimum absolute atomic E-state index is 0.0186. The van der Waals surface area contributed by atoms with Crippen LogP contribution in [0.4, 0.5) is 10.1 Å². The number of benzene rings is 2. The second kappa shape index (κ2) is 8.44. The van der Waals surface area contributed by atoms with Crippen LogP contribution in [0.25, 0.3) is 0 Å². The van der Waals surface area contributed by atoms with Crippen LogP contribution in [0.15, 0.2) is 36.4 Å². The lowest BCUT2D eigenvalue weighted by Gasteiger charge is -2.28. The monoisotopic (exact) mass is 397 g/mol. The Morgan fingerprint density at radius 1 is 1.17 bits per heavy atom. The molecule has 1 aliphatic carbocycles. The van der Waals surface area contributed by atoms with Gasteiger partial charge in [0.25, 0.3) is 0 Å². The van der Waals surface area contributed by atoms with Crippen molar-refractivity contribution in [1.29, 1.82) is 0 Å². The number of carbonyl (C=O) groups is 1. The summed E-state index contributed by atoms with van der Waals surface area (Å²) in [5.41, 5.74) is 4.17. The summed E-state index contributed by atoms with van der Waals surface area (Å²) >= 11 is 0. The third-order valence-corrected chi connectivity index (χ3v) is 6.20. The SMILES string of the molecule is CC(CC(=O)O)c1ccc2c(c1)CCN(c1cc(OC3CCC3)ccc1F)CC2. The van der Waals surface area contributed by atoms with Gasteiger partial charge >= 0.3 is 5.97 Å². The molecule has 2 aromatic rings. The van der Waals surface area contributed by atoms with E-state index >= 15 is 0 Å². The van der Waals surface area contributed by atoms with Gasteiger partial charge in [-0.05, 0) is 66.8 Å². The van der Waals surface area contributed by atoms with Crippen LogP contribution in [0.3, 0.4) is 0 Å². The first-order valence-electron chi connectivity index (χ1n) is 10.5. The molecular weight excluding hydrogens is 369 g/mol. The molecule has 0 amide bonds. The van der Waals surface area contributed by atoms with Crippen LogP contribution in [0.1, 0.15) is 55.2 Å². The van der Waals surface area contributed by atoms with Gasteiger partial charge in [-0.25, -0.2) is 4.39 Å². The summed E-state index contributed by atoms with van der Waals surface area (Å²) in [6.07, 6.45) is 5.42. The van der Waals surface area contributed by atoms with E-state index in [9.17, 15) is 9.18 Å². The van der Waals surface area contributed by atoms with E-state index in [-0.39, 0.29) is 24.3 Å². The van der Waals surface area contributed by atoms with E-state index in [1.807, 2.05) is 19.1 Å². The highest BCUT2D eigenvalue weighted by molar-refractivity contribution is 5.68. The van der Waals surface area contributed by atoms with Crippen molar-refractivity contribution in [3.8, 4) is 5.75 Å². The van der Waals surface area contributed by atoms with Gasteiger partial charge in [-0.1, -0.05) is 25.1 Å². The molecule has 2 aliphatic rings. The Kier molecular flexibility index (Phi) is 5.74. The number of halogens is 1. The fourth-order valence-corrected chi connectivity index (χ4v) is 4.16. The number of carboxylic acids is 1. The normalized spacial score (nSPS) is 17.8. The molecule has 29 heavy (non-hydrogen) atoms. The van der Waals surface area contributed by atoms with Gasteiger partial charge in [0.1, 0.15) is 11.6 Å². The van der Waals surface area contributed by atoms with Gasteiger partial charge < -0.3 is 14.7 Å². The zero-order chi connectivity index (χ0) is 20.4. The molecule has 1 saturated carbocycles. The van der Waals surface area contributed by atoms with E-state index in [1.165, 1.54) is 23.6 Å². The number of fused-ring (bicyclic) bond motifs is 1. The number of rotatable bonds is 6. The van der Waals surface area contributed by atoms with Crippen molar-refractivity contribution >= 4 is 11.7 Å². The van der Waals surface area contributed by atoms with Crippen molar-refractivity contribution in [1.82, 2.24) is 0 Å². The fourth-order valence-electron chi connectivity index (χ4n) is 4.16. The third kappa shape index (κ3) is 4.55. The van der Waals surface area contributed by atoms with Gasteiger partial charge in [0, 0.05) is 19.2 Å². The molecule has 0 bridgehead atoms. The number of hydrogen-bond acceptors (Lipinski definition) is 3. The zero-order valence-electron chi connectivity index (χ0n) is 16.9. The molecule has 1 aliphatic heterocycles. The van der Waals surface area contributed by atoms with Gasteiger partial charge in [0.15, 0.2) is 0 Å². The molecular formula is C24H28FNO3. The first-order valence-corrected chi connectivity index (χ1v) is 10.5. The van der Waals surface area contributed by atoms with Crippen molar-refractivity contribution in [3.63, 3.8) is 0 Å². The summed E-state index contributed by atoms with van der Waals surface area (Å²) in [4.78, 5) is 13.1. The highest BCUT2D eigenvalue weighted by Gasteiger charge is 2.22. The van der Waals surface area contributed by atoms with Crippen molar-refractivity contribution < 1.29 is 19.0 Å². The van der Waals surface area contributed by atoms with Crippen LogP contribution >= 0.6 is 0 Å². The molecule has 154 valence electrons. The molecule has 4 rings (SSSR count). The Morgan fingerprint density at radius 2 is 1.93 bits per heavy atom. The average Bonchev–Trinajstić information content (AvgIpc) is 2.87. The molecule has 0 radical (unpaired) electrons. The van der Waals surface area contributed by atoms with Crippen molar-refractivity contribution in [3.05, 3.63) is 58.9 Å². The first kappa shape index (κ1) is 19.7. The highest BCUT2D eigenvalue weighted by Crippen LogP contribution is 2.31. The van der Waals surface area contributed by atoms with Crippen LogP contribution in [-0.4, -0.2) is 30.3 Å². The van der Waals surface area contributed by atoms with Crippen LogP contribution < -0.4 is 9.64 Å². The Hall–Kier alpha value is -2.56. The maximum absolute atomic E-state index is 14.6. The molecule has 0 saturated heterocycles. The van der Waals surface area contributed by atoms with Gasteiger partial charge in [-0.15, -0.1) is 0 Å². The molecule has 5 heteroatoms. The first-order chi connectivity index (χ1) is 14.0. The van der Waals surface area contributed by atoms with E-state index in [2.05, 4.69) is 17.0 Å². The molecule has 2 aromatic carbocycles. The van der Waals surface area contributed by atoms with E-state index in [0.717, 1.165) is 50.1 Å². The molecule has 1 heterocycles. The van der Waals surface area contributed by atoms with Crippen molar-refractivity contribution in [2.24, 2.45) is 0 Å². The number of ether oxygens (including phenoxy) is 1. The number of anilines is 1. The van der Waals surface area contributed by atoms with Gasteiger partial charge in [0.2, 0.25) is 0 Å². The summed E-state index contributed by atoms with van der Waals surface area (Å²) in [5, 5.41) is 9.06.